The van der Waals surface area contributed by atoms with E-state index in [-0.39, 0.29) is 12.6 Å². The monoisotopic (exact) mass is 211 g/mol. The maximum Gasteiger partial charge on any atom is 0.109 e. The summed E-state index contributed by atoms with van der Waals surface area (Å²) in [4.78, 5) is 0. The van der Waals surface area contributed by atoms with Crippen molar-refractivity contribution in [1.29, 1.82) is 0 Å². The van der Waals surface area contributed by atoms with Gasteiger partial charge in [-0.15, -0.1) is 0 Å². The van der Waals surface area contributed by atoms with Crippen molar-refractivity contribution < 1.29 is 9.50 Å². The summed E-state index contributed by atoms with van der Waals surface area (Å²) in [5.74, 6) is 0. The summed E-state index contributed by atoms with van der Waals surface area (Å²) in [6.45, 7) is 3.00. The van der Waals surface area contributed by atoms with Crippen molar-refractivity contribution in [3.05, 3.63) is 35.4 Å². The van der Waals surface area contributed by atoms with Gasteiger partial charge in [-0.3, -0.25) is 0 Å². The second kappa shape index (κ2) is 4.73. The van der Waals surface area contributed by atoms with E-state index in [9.17, 15) is 4.39 Å². The molecule has 0 aliphatic carbocycles. The van der Waals surface area contributed by atoms with Crippen LogP contribution in [0.1, 0.15) is 31.0 Å². The summed E-state index contributed by atoms with van der Waals surface area (Å²) in [7, 11) is 0. The lowest BCUT2D eigenvalue weighted by atomic mass is 9.97. The molecular weight excluding hydrogens is 193 g/mol. The van der Waals surface area contributed by atoms with Crippen molar-refractivity contribution in [2.24, 2.45) is 5.73 Å². The number of nitrogens with two attached hydrogens (primary N) is 1. The van der Waals surface area contributed by atoms with Gasteiger partial charge in [-0.1, -0.05) is 24.3 Å². The zero-order valence-electron chi connectivity index (χ0n) is 9.20. The van der Waals surface area contributed by atoms with Crippen molar-refractivity contribution in [3.8, 4) is 0 Å². The van der Waals surface area contributed by atoms with Crippen molar-refractivity contribution in [2.75, 3.05) is 6.61 Å². The van der Waals surface area contributed by atoms with Gasteiger partial charge in [0.2, 0.25) is 0 Å². The number of alkyl halides is 1. The molecule has 0 bridgehead atoms. The molecule has 0 saturated carbocycles. The smallest absolute Gasteiger partial charge is 0.109 e. The molecule has 0 aliphatic heterocycles. The molecular formula is C12H18FNO. The van der Waals surface area contributed by atoms with Gasteiger partial charge in [0.25, 0.3) is 0 Å². The molecule has 0 aromatic heterocycles. The van der Waals surface area contributed by atoms with Crippen LogP contribution in [0.5, 0.6) is 0 Å². The lowest BCUT2D eigenvalue weighted by Gasteiger charge is -2.15. The molecule has 0 amide bonds. The first-order valence-corrected chi connectivity index (χ1v) is 5.06. The van der Waals surface area contributed by atoms with E-state index in [1.54, 1.807) is 13.8 Å². The lowest BCUT2D eigenvalue weighted by molar-refractivity contribution is 0.217. The Bertz CT molecular complexity index is 320. The summed E-state index contributed by atoms with van der Waals surface area (Å²) >= 11 is 0. The molecule has 2 nitrogen and oxygen atoms in total. The van der Waals surface area contributed by atoms with Crippen LogP contribution in [0.25, 0.3) is 0 Å². The van der Waals surface area contributed by atoms with Crippen LogP contribution >= 0.6 is 0 Å². The predicted octanol–water partition coefficient (Wildman–Crippen LogP) is 1.97. The molecule has 15 heavy (non-hydrogen) atoms. The number of halogens is 1. The normalized spacial score (nSPS) is 13.9. The van der Waals surface area contributed by atoms with E-state index >= 15 is 0 Å². The molecule has 0 heterocycles. The molecule has 0 radical (unpaired) electrons. The van der Waals surface area contributed by atoms with Gasteiger partial charge in [0.05, 0.1) is 12.6 Å². The van der Waals surface area contributed by atoms with Crippen LogP contribution < -0.4 is 5.73 Å². The molecule has 84 valence electrons. The van der Waals surface area contributed by atoms with E-state index in [0.717, 1.165) is 11.1 Å². The van der Waals surface area contributed by atoms with Gasteiger partial charge >= 0.3 is 0 Å². The Labute approximate surface area is 89.9 Å². The molecule has 1 atom stereocenters. The molecule has 1 aromatic carbocycles. The van der Waals surface area contributed by atoms with Gasteiger partial charge < -0.3 is 10.8 Å². The topological polar surface area (TPSA) is 46.2 Å². The average Bonchev–Trinajstić information content (AvgIpc) is 2.14. The Kier molecular flexibility index (Phi) is 3.83. The maximum absolute atomic E-state index is 13.4. The van der Waals surface area contributed by atoms with Crippen LogP contribution in [0.2, 0.25) is 0 Å². The second-order valence-corrected chi connectivity index (χ2v) is 4.43. The Morgan fingerprint density at radius 2 is 2.13 bits per heavy atom. The highest BCUT2D eigenvalue weighted by Crippen LogP contribution is 2.19. The molecule has 0 fully saturated rings. The Morgan fingerprint density at radius 3 is 2.67 bits per heavy atom. The van der Waals surface area contributed by atoms with E-state index in [2.05, 4.69) is 0 Å². The van der Waals surface area contributed by atoms with Crippen molar-refractivity contribution in [1.82, 2.24) is 0 Å². The SMILES string of the molecule is CC(C)(F)Cc1cccc(C(N)CO)c1. The Balaban J connectivity index is 2.83. The molecule has 0 saturated heterocycles. The molecule has 3 heteroatoms. The fourth-order valence-electron chi connectivity index (χ4n) is 1.52. The van der Waals surface area contributed by atoms with Gasteiger partial charge in [0, 0.05) is 6.42 Å². The Morgan fingerprint density at radius 1 is 1.47 bits per heavy atom. The molecule has 1 rings (SSSR count). The third-order valence-corrected chi connectivity index (χ3v) is 2.20. The van der Waals surface area contributed by atoms with E-state index in [4.69, 9.17) is 10.8 Å². The fourth-order valence-corrected chi connectivity index (χ4v) is 1.52. The number of aliphatic hydroxyl groups is 1. The molecule has 0 spiro atoms. The first-order chi connectivity index (χ1) is 6.92. The standard InChI is InChI=1S/C12H18FNO/c1-12(2,13)7-9-4-3-5-10(6-9)11(14)8-15/h3-6,11,15H,7-8,14H2,1-2H3. The summed E-state index contributed by atoms with van der Waals surface area (Å²) in [5.41, 5.74) is 6.22. The van der Waals surface area contributed by atoms with Crippen molar-refractivity contribution in [3.63, 3.8) is 0 Å². The predicted molar refractivity (Wildman–Crippen MR) is 59.3 cm³/mol. The van der Waals surface area contributed by atoms with Gasteiger partial charge in [0.15, 0.2) is 0 Å². The van der Waals surface area contributed by atoms with Crippen molar-refractivity contribution >= 4 is 0 Å². The van der Waals surface area contributed by atoms with E-state index in [1.165, 1.54) is 0 Å². The maximum atomic E-state index is 13.4. The quantitative estimate of drug-likeness (QED) is 0.799. The van der Waals surface area contributed by atoms with Gasteiger partial charge in [-0.2, -0.15) is 0 Å². The summed E-state index contributed by atoms with van der Waals surface area (Å²) in [6.07, 6.45) is 0.360. The highest BCUT2D eigenvalue weighted by molar-refractivity contribution is 5.26. The van der Waals surface area contributed by atoms with Crippen LogP contribution in [0.3, 0.4) is 0 Å². The lowest BCUT2D eigenvalue weighted by Crippen LogP contribution is -2.17. The number of aliphatic hydroxyl groups excluding tert-OH is 1. The summed E-state index contributed by atoms with van der Waals surface area (Å²) in [5, 5.41) is 8.91. The number of hydrogen-bond donors (Lipinski definition) is 2. The van der Waals surface area contributed by atoms with Crippen LogP contribution in [-0.2, 0) is 6.42 Å². The fraction of sp³-hybridized carbons (Fsp3) is 0.500. The van der Waals surface area contributed by atoms with E-state index in [0.29, 0.717) is 6.42 Å². The Hall–Kier alpha value is -0.930. The van der Waals surface area contributed by atoms with Crippen molar-refractivity contribution in [2.45, 2.75) is 32.0 Å². The van der Waals surface area contributed by atoms with Crippen LogP contribution in [-0.4, -0.2) is 17.4 Å². The summed E-state index contributed by atoms with van der Waals surface area (Å²) < 4.78 is 13.4. The first kappa shape index (κ1) is 12.1. The van der Waals surface area contributed by atoms with E-state index < -0.39 is 5.67 Å². The summed E-state index contributed by atoms with van der Waals surface area (Å²) in [6, 6.07) is 7.02. The highest BCUT2D eigenvalue weighted by atomic mass is 19.1. The molecule has 1 aromatic rings. The van der Waals surface area contributed by atoms with Gasteiger partial charge in [-0.25, -0.2) is 4.39 Å². The minimum atomic E-state index is -1.22. The van der Waals surface area contributed by atoms with Gasteiger partial charge in [0.1, 0.15) is 5.67 Å². The van der Waals surface area contributed by atoms with Crippen LogP contribution in [0, 0.1) is 0 Å². The van der Waals surface area contributed by atoms with Crippen LogP contribution in [0.4, 0.5) is 4.39 Å². The minimum absolute atomic E-state index is 0.0948. The molecule has 0 aliphatic rings. The first-order valence-electron chi connectivity index (χ1n) is 5.06. The zero-order valence-corrected chi connectivity index (χ0v) is 9.20. The van der Waals surface area contributed by atoms with Crippen LogP contribution in [0.15, 0.2) is 24.3 Å². The zero-order chi connectivity index (χ0) is 11.5. The van der Waals surface area contributed by atoms with E-state index in [1.807, 2.05) is 24.3 Å². The molecule has 1 unspecified atom stereocenters. The second-order valence-electron chi connectivity index (χ2n) is 4.43. The number of rotatable bonds is 4. The largest absolute Gasteiger partial charge is 0.394 e. The minimum Gasteiger partial charge on any atom is -0.394 e. The molecule has 3 N–H and O–H groups in total. The average molecular weight is 211 g/mol. The highest BCUT2D eigenvalue weighted by Gasteiger charge is 2.16. The third kappa shape index (κ3) is 3.98. The third-order valence-electron chi connectivity index (χ3n) is 2.20. The van der Waals surface area contributed by atoms with Gasteiger partial charge in [-0.05, 0) is 25.0 Å². The number of benzene rings is 1. The number of hydrogen-bond acceptors (Lipinski definition) is 2.